The second-order valence-corrected chi connectivity index (χ2v) is 9.23. The lowest BCUT2D eigenvalue weighted by atomic mass is 10.1. The number of primary amides is 1. The number of pyridine rings is 1. The predicted octanol–water partition coefficient (Wildman–Crippen LogP) is 1.27. The van der Waals surface area contributed by atoms with Crippen molar-refractivity contribution in [3.8, 4) is 0 Å². The summed E-state index contributed by atoms with van der Waals surface area (Å²) in [4.78, 5) is 11.4. The largest absolute Gasteiger partial charge is 0.475 e. The molecule has 178 valence electrons. The topological polar surface area (TPSA) is 141 Å². The van der Waals surface area contributed by atoms with Crippen LogP contribution in [0.1, 0.15) is 34.7 Å². The number of rotatable bonds is 6. The van der Waals surface area contributed by atoms with Crippen LogP contribution in [-0.2, 0) is 22.9 Å². The van der Waals surface area contributed by atoms with Gasteiger partial charge in [-0.05, 0) is 23.8 Å². The molecule has 2 saturated heterocycles. The summed E-state index contributed by atoms with van der Waals surface area (Å²) in [5.41, 5.74) is 5.56. The van der Waals surface area contributed by atoms with Crippen molar-refractivity contribution in [2.24, 2.45) is 5.73 Å². The molecule has 33 heavy (non-hydrogen) atoms. The Bertz CT molecular complexity index is 1070. The number of aliphatic hydroxyl groups is 2. The highest BCUT2D eigenvalue weighted by molar-refractivity contribution is 7.48. The van der Waals surface area contributed by atoms with Crippen LogP contribution in [0.2, 0.25) is 0 Å². The Labute approximate surface area is 187 Å². The van der Waals surface area contributed by atoms with Crippen LogP contribution in [-0.4, -0.2) is 47.6 Å². The lowest BCUT2D eigenvalue weighted by Crippen LogP contribution is -2.46. The number of aromatic nitrogens is 1. The molecule has 1 aromatic heterocycles. The number of hydrogen-bond donors (Lipinski definition) is 3. The first kappa shape index (κ1) is 23.8. The van der Waals surface area contributed by atoms with Gasteiger partial charge in [0.05, 0.1) is 19.3 Å². The van der Waals surface area contributed by atoms with E-state index < -0.39 is 62.6 Å². The second-order valence-electron chi connectivity index (χ2n) is 7.61. The van der Waals surface area contributed by atoms with Crippen molar-refractivity contribution in [1.82, 2.24) is 0 Å². The van der Waals surface area contributed by atoms with Crippen LogP contribution < -0.4 is 10.3 Å². The zero-order valence-electron chi connectivity index (χ0n) is 17.1. The fourth-order valence-electron chi connectivity index (χ4n) is 3.64. The number of nitrogens with zero attached hydrogens (tertiary/aromatic N) is 1. The molecule has 0 spiro atoms. The summed E-state index contributed by atoms with van der Waals surface area (Å²) in [5.74, 6) is -2.30. The summed E-state index contributed by atoms with van der Waals surface area (Å²) in [6.45, 7) is -0.540. The molecule has 1 amide bonds. The van der Waals surface area contributed by atoms with Crippen LogP contribution in [0.3, 0.4) is 0 Å². The van der Waals surface area contributed by atoms with Crippen LogP contribution in [0.25, 0.3) is 0 Å². The number of nitrogens with two attached hydrogens (primary N) is 1. The molecule has 10 nitrogen and oxygen atoms in total. The Morgan fingerprint density at radius 2 is 1.97 bits per heavy atom. The number of carbonyl (C=O) groups excluding carboxylic acids is 1. The van der Waals surface area contributed by atoms with E-state index in [0.29, 0.717) is 6.07 Å². The number of hydrogen-bond acceptors (Lipinski definition) is 8. The lowest BCUT2D eigenvalue weighted by molar-refractivity contribution is -0.765. The molecule has 0 radical (unpaired) electrons. The van der Waals surface area contributed by atoms with E-state index in [1.807, 2.05) is 0 Å². The van der Waals surface area contributed by atoms with Gasteiger partial charge >= 0.3 is 7.82 Å². The Hall–Kier alpha value is -2.31. The van der Waals surface area contributed by atoms with Gasteiger partial charge in [-0.3, -0.25) is 18.4 Å². The SMILES string of the molecule is NC(=O)c1ccc[n+]([C@@H]2O[C@H](COP3(=O)OCCC(c4cc(F)cc(F)c4)O3)C(O)C2O)c1. The smallest absolute Gasteiger partial charge is 0.387 e. The first-order valence-corrected chi connectivity index (χ1v) is 11.5. The van der Waals surface area contributed by atoms with Crippen molar-refractivity contribution in [3.05, 3.63) is 65.5 Å². The standard InChI is InChI=1S/C20H21F2N2O8P/c21-13-6-12(7-14(22)8-13)15-3-5-29-33(28,32-15)30-10-16-17(25)18(26)20(31-16)24-4-1-2-11(9-24)19(23)27/h1-2,4,6-9,15-18,20,25-26H,3,5,10H2,(H-,23,27)/p+1/t15?,16-,17?,18?,20-,33?/m1/s1. The van der Waals surface area contributed by atoms with Gasteiger partial charge in [0.25, 0.3) is 12.1 Å². The van der Waals surface area contributed by atoms with Crippen LogP contribution in [0.15, 0.2) is 42.7 Å². The van der Waals surface area contributed by atoms with Crippen LogP contribution in [0, 0.1) is 11.6 Å². The zero-order chi connectivity index (χ0) is 23.8. The highest BCUT2D eigenvalue weighted by atomic mass is 31.2. The van der Waals surface area contributed by atoms with E-state index in [1.165, 1.54) is 29.1 Å². The first-order chi connectivity index (χ1) is 15.6. The lowest BCUT2D eigenvalue weighted by Gasteiger charge is -2.29. The van der Waals surface area contributed by atoms with Crippen molar-refractivity contribution in [1.29, 1.82) is 0 Å². The molecule has 2 aromatic rings. The molecule has 2 aliphatic rings. The van der Waals surface area contributed by atoms with Crippen molar-refractivity contribution >= 4 is 13.7 Å². The maximum Gasteiger partial charge on any atom is 0.475 e. The molecular weight excluding hydrogens is 465 g/mol. The van der Waals surface area contributed by atoms with Crippen molar-refractivity contribution in [2.75, 3.05) is 13.2 Å². The van der Waals surface area contributed by atoms with Crippen molar-refractivity contribution in [3.63, 3.8) is 0 Å². The van der Waals surface area contributed by atoms with Gasteiger partial charge < -0.3 is 20.7 Å². The second kappa shape index (κ2) is 9.51. The van der Waals surface area contributed by atoms with E-state index in [1.54, 1.807) is 0 Å². The summed E-state index contributed by atoms with van der Waals surface area (Å²) < 4.78 is 62.7. The minimum absolute atomic E-state index is 0.0604. The third-order valence-corrected chi connectivity index (χ3v) is 6.75. The molecule has 3 heterocycles. The molecule has 1 aromatic carbocycles. The normalized spacial score (nSPS) is 32.1. The van der Waals surface area contributed by atoms with E-state index in [9.17, 15) is 28.4 Å². The van der Waals surface area contributed by atoms with Crippen LogP contribution >= 0.6 is 7.82 Å². The molecule has 0 aliphatic carbocycles. The summed E-state index contributed by atoms with van der Waals surface area (Å²) in [5, 5.41) is 20.7. The van der Waals surface area contributed by atoms with Gasteiger partial charge in [0.1, 0.15) is 29.4 Å². The highest BCUT2D eigenvalue weighted by Crippen LogP contribution is 2.57. The number of phosphoric acid groups is 1. The van der Waals surface area contributed by atoms with Gasteiger partial charge in [-0.15, -0.1) is 0 Å². The van der Waals surface area contributed by atoms with Gasteiger partial charge in [0.2, 0.25) is 0 Å². The Balaban J connectivity index is 1.42. The zero-order valence-corrected chi connectivity index (χ0v) is 18.0. The van der Waals surface area contributed by atoms with Crippen LogP contribution in [0.5, 0.6) is 0 Å². The number of aliphatic hydroxyl groups excluding tert-OH is 2. The van der Waals surface area contributed by atoms with Crippen molar-refractivity contribution in [2.45, 2.75) is 37.1 Å². The van der Waals surface area contributed by atoms with E-state index in [4.69, 9.17) is 24.0 Å². The van der Waals surface area contributed by atoms with Gasteiger partial charge in [0, 0.05) is 18.6 Å². The first-order valence-electron chi connectivity index (χ1n) is 10.0. The van der Waals surface area contributed by atoms with Gasteiger partial charge in [0.15, 0.2) is 18.5 Å². The molecule has 0 saturated carbocycles. The summed E-state index contributed by atoms with van der Waals surface area (Å²) in [6, 6.07) is 5.82. The minimum atomic E-state index is -4.16. The van der Waals surface area contributed by atoms with Gasteiger partial charge in [-0.1, -0.05) is 0 Å². The number of amides is 1. The summed E-state index contributed by atoms with van der Waals surface area (Å²) >= 11 is 0. The number of ether oxygens (including phenoxy) is 1. The summed E-state index contributed by atoms with van der Waals surface area (Å²) in [7, 11) is -4.16. The van der Waals surface area contributed by atoms with E-state index in [0.717, 1.165) is 12.1 Å². The van der Waals surface area contributed by atoms with Crippen molar-refractivity contribution < 1.29 is 51.2 Å². The number of halogens is 2. The summed E-state index contributed by atoms with van der Waals surface area (Å²) in [6.07, 6.45) is -2.92. The minimum Gasteiger partial charge on any atom is -0.387 e. The Morgan fingerprint density at radius 3 is 2.67 bits per heavy atom. The van der Waals surface area contributed by atoms with E-state index in [2.05, 4.69) is 0 Å². The maximum absolute atomic E-state index is 13.5. The molecule has 4 unspecified atom stereocenters. The Kier molecular flexibility index (Phi) is 6.87. The fourth-order valence-corrected chi connectivity index (χ4v) is 5.04. The monoisotopic (exact) mass is 487 g/mol. The molecule has 4 N–H and O–H groups in total. The fraction of sp³-hybridized carbons (Fsp3) is 0.400. The van der Waals surface area contributed by atoms with Gasteiger partial charge in [-0.2, -0.15) is 4.57 Å². The van der Waals surface area contributed by atoms with E-state index in [-0.39, 0.29) is 24.2 Å². The third-order valence-electron chi connectivity index (χ3n) is 5.28. The number of benzene rings is 1. The molecule has 2 aliphatic heterocycles. The number of phosphoric ester groups is 1. The van der Waals surface area contributed by atoms with E-state index >= 15 is 0 Å². The average molecular weight is 487 g/mol. The molecule has 2 fully saturated rings. The molecular formula is C20H22F2N2O8P+. The Morgan fingerprint density at radius 1 is 1.24 bits per heavy atom. The van der Waals surface area contributed by atoms with Crippen LogP contribution in [0.4, 0.5) is 8.78 Å². The maximum atomic E-state index is 13.5. The highest BCUT2D eigenvalue weighted by Gasteiger charge is 2.49. The molecule has 0 bridgehead atoms. The number of carbonyl (C=O) groups is 1. The predicted molar refractivity (Wildman–Crippen MR) is 105 cm³/mol. The quantitative estimate of drug-likeness (QED) is 0.409. The molecule has 6 atom stereocenters. The molecule has 4 rings (SSSR count). The van der Waals surface area contributed by atoms with Gasteiger partial charge in [-0.25, -0.2) is 13.3 Å². The third kappa shape index (κ3) is 5.28. The molecule has 13 heteroatoms. The average Bonchev–Trinajstić information content (AvgIpc) is 3.06.